The molecule has 144 valence electrons. The van der Waals surface area contributed by atoms with E-state index in [4.69, 9.17) is 0 Å². The molecule has 0 bridgehead atoms. The minimum Gasteiger partial charge on any atom is -0.280 e. The van der Waals surface area contributed by atoms with E-state index < -0.39 is 15.8 Å². The van der Waals surface area contributed by atoms with Crippen molar-refractivity contribution in [3.8, 4) is 10.6 Å². The van der Waals surface area contributed by atoms with Gasteiger partial charge in [-0.05, 0) is 55.6 Å². The number of halogens is 1. The highest BCUT2D eigenvalue weighted by Gasteiger charge is 2.23. The Morgan fingerprint density at radius 2 is 1.93 bits per heavy atom. The van der Waals surface area contributed by atoms with E-state index in [2.05, 4.69) is 14.8 Å². The lowest BCUT2D eigenvalue weighted by Crippen LogP contribution is -2.14. The van der Waals surface area contributed by atoms with Crippen molar-refractivity contribution in [2.75, 3.05) is 4.72 Å². The third-order valence-electron chi connectivity index (χ3n) is 4.18. The summed E-state index contributed by atoms with van der Waals surface area (Å²) in [5.41, 5.74) is 1.34. The third kappa shape index (κ3) is 3.38. The van der Waals surface area contributed by atoms with Crippen LogP contribution in [0.5, 0.6) is 0 Å². The fourth-order valence-corrected chi connectivity index (χ4v) is 4.81. The number of hydrogen-bond acceptors (Lipinski definition) is 5. The van der Waals surface area contributed by atoms with Crippen LogP contribution >= 0.6 is 11.3 Å². The Morgan fingerprint density at radius 1 is 1.18 bits per heavy atom. The second kappa shape index (κ2) is 6.99. The van der Waals surface area contributed by atoms with E-state index in [1.807, 2.05) is 31.4 Å². The summed E-state index contributed by atoms with van der Waals surface area (Å²) < 4.78 is 43.6. The highest BCUT2D eigenvalue weighted by Crippen LogP contribution is 2.32. The van der Waals surface area contributed by atoms with Crippen molar-refractivity contribution < 1.29 is 12.8 Å². The molecule has 1 aromatic carbocycles. The summed E-state index contributed by atoms with van der Waals surface area (Å²) in [6.07, 6.45) is 1.51. The average Bonchev–Trinajstić information content (AvgIpc) is 3.32. The molecular weight excluding hydrogens is 399 g/mol. The number of benzene rings is 1. The molecule has 0 aliphatic heterocycles. The summed E-state index contributed by atoms with van der Waals surface area (Å²) >= 11 is 1.48. The first-order valence-corrected chi connectivity index (χ1v) is 10.9. The molecule has 0 amide bonds. The molecule has 6 nitrogen and oxygen atoms in total. The summed E-state index contributed by atoms with van der Waals surface area (Å²) in [4.78, 5) is 5.60. The number of anilines is 1. The predicted octanol–water partition coefficient (Wildman–Crippen LogP) is 4.68. The molecule has 0 atom stereocenters. The molecule has 1 N–H and O–H groups in total. The van der Waals surface area contributed by atoms with Gasteiger partial charge < -0.3 is 0 Å². The molecule has 0 saturated carbocycles. The van der Waals surface area contributed by atoms with Gasteiger partial charge in [-0.25, -0.2) is 22.5 Å². The van der Waals surface area contributed by atoms with Gasteiger partial charge in [-0.2, -0.15) is 5.10 Å². The van der Waals surface area contributed by atoms with Gasteiger partial charge in [-0.1, -0.05) is 6.07 Å². The first-order chi connectivity index (χ1) is 13.3. The van der Waals surface area contributed by atoms with Crippen LogP contribution in [0, 0.1) is 5.82 Å². The number of nitrogens with zero attached hydrogens (tertiary/aromatic N) is 3. The van der Waals surface area contributed by atoms with Gasteiger partial charge in [0, 0.05) is 11.7 Å². The van der Waals surface area contributed by atoms with Crippen LogP contribution in [-0.2, 0) is 10.0 Å². The summed E-state index contributed by atoms with van der Waals surface area (Å²) in [5.74, 6) is -0.438. The molecular formula is C19H17FN4O2S2. The minimum absolute atomic E-state index is 0.0178. The molecule has 9 heteroatoms. The van der Waals surface area contributed by atoms with E-state index in [9.17, 15) is 12.8 Å². The van der Waals surface area contributed by atoms with Gasteiger partial charge >= 0.3 is 0 Å². The van der Waals surface area contributed by atoms with E-state index in [0.717, 1.165) is 4.88 Å². The molecule has 3 aromatic heterocycles. The van der Waals surface area contributed by atoms with Gasteiger partial charge in [0.05, 0.1) is 22.2 Å². The first kappa shape index (κ1) is 18.6. The SMILES string of the molecule is CC(C)n1ncc2c(S(=O)(=O)Nc3ccc(F)cc3)cc(-c3cccs3)nc21. The maximum absolute atomic E-state index is 13.1. The number of sulfonamides is 1. The highest BCUT2D eigenvalue weighted by molar-refractivity contribution is 7.93. The predicted molar refractivity (Wildman–Crippen MR) is 108 cm³/mol. The van der Waals surface area contributed by atoms with Crippen molar-refractivity contribution in [1.29, 1.82) is 0 Å². The van der Waals surface area contributed by atoms with Crippen molar-refractivity contribution in [3.05, 3.63) is 59.9 Å². The van der Waals surface area contributed by atoms with E-state index in [1.54, 1.807) is 10.7 Å². The van der Waals surface area contributed by atoms with Crippen molar-refractivity contribution >= 4 is 38.1 Å². The van der Waals surface area contributed by atoms with Crippen LogP contribution in [-0.4, -0.2) is 23.2 Å². The minimum atomic E-state index is -3.94. The lowest BCUT2D eigenvalue weighted by Gasteiger charge is -2.12. The molecule has 0 fully saturated rings. The fraction of sp³-hybridized carbons (Fsp3) is 0.158. The van der Waals surface area contributed by atoms with Crippen LogP contribution in [0.4, 0.5) is 10.1 Å². The number of aromatic nitrogens is 3. The lowest BCUT2D eigenvalue weighted by molar-refractivity contribution is 0.546. The van der Waals surface area contributed by atoms with Gasteiger partial charge in [0.2, 0.25) is 0 Å². The maximum Gasteiger partial charge on any atom is 0.262 e. The third-order valence-corrected chi connectivity index (χ3v) is 6.49. The van der Waals surface area contributed by atoms with Crippen molar-refractivity contribution in [3.63, 3.8) is 0 Å². The Morgan fingerprint density at radius 3 is 2.57 bits per heavy atom. The Kier molecular flexibility index (Phi) is 4.64. The van der Waals surface area contributed by atoms with Crippen LogP contribution in [0.3, 0.4) is 0 Å². The van der Waals surface area contributed by atoms with Gasteiger partial charge in [-0.3, -0.25) is 4.72 Å². The standard InChI is InChI=1S/C19H17FN4O2S2/c1-12(2)24-19-15(11-21-24)18(10-16(22-19)17-4-3-9-27-17)28(25,26)23-14-7-5-13(20)6-8-14/h3-12,23H,1-2H3. The number of hydrogen-bond donors (Lipinski definition) is 1. The Labute approximate surface area is 165 Å². The summed E-state index contributed by atoms with van der Waals surface area (Å²) in [6, 6.07) is 10.5. The zero-order valence-corrected chi connectivity index (χ0v) is 16.8. The molecule has 0 spiro atoms. The van der Waals surface area contributed by atoms with Crippen LogP contribution < -0.4 is 4.72 Å². The van der Waals surface area contributed by atoms with Crippen molar-refractivity contribution in [2.45, 2.75) is 24.8 Å². The van der Waals surface area contributed by atoms with Crippen molar-refractivity contribution in [2.24, 2.45) is 0 Å². The van der Waals surface area contributed by atoms with Gasteiger partial charge in [-0.15, -0.1) is 11.3 Å². The summed E-state index contributed by atoms with van der Waals surface area (Å²) in [6.45, 7) is 3.91. The number of nitrogens with one attached hydrogen (secondary N) is 1. The van der Waals surface area contributed by atoms with Crippen LogP contribution in [0.2, 0.25) is 0 Å². The Hall–Kier alpha value is -2.78. The molecule has 28 heavy (non-hydrogen) atoms. The summed E-state index contributed by atoms with van der Waals surface area (Å²) in [5, 5.41) is 6.67. The highest BCUT2D eigenvalue weighted by atomic mass is 32.2. The van der Waals surface area contributed by atoms with E-state index in [0.29, 0.717) is 16.7 Å². The molecule has 4 rings (SSSR count). The van der Waals surface area contributed by atoms with Gasteiger partial charge in [0.25, 0.3) is 10.0 Å². The number of rotatable bonds is 5. The normalized spacial score (nSPS) is 12.0. The second-order valence-corrected chi connectivity index (χ2v) is 9.11. The first-order valence-electron chi connectivity index (χ1n) is 8.56. The molecule has 3 heterocycles. The lowest BCUT2D eigenvalue weighted by atomic mass is 10.2. The number of pyridine rings is 1. The molecule has 0 unspecified atom stereocenters. The van der Waals surface area contributed by atoms with Crippen LogP contribution in [0.25, 0.3) is 21.6 Å². The number of thiophene rings is 1. The Bertz CT molecular complexity index is 1230. The van der Waals surface area contributed by atoms with E-state index in [1.165, 1.54) is 41.8 Å². The van der Waals surface area contributed by atoms with Crippen molar-refractivity contribution in [1.82, 2.24) is 14.8 Å². The zero-order chi connectivity index (χ0) is 19.9. The molecule has 0 radical (unpaired) electrons. The van der Waals surface area contributed by atoms with E-state index >= 15 is 0 Å². The summed E-state index contributed by atoms with van der Waals surface area (Å²) in [7, 11) is -3.94. The smallest absolute Gasteiger partial charge is 0.262 e. The van der Waals surface area contributed by atoms with E-state index in [-0.39, 0.29) is 16.6 Å². The quantitative estimate of drug-likeness (QED) is 0.512. The Balaban J connectivity index is 1.90. The maximum atomic E-state index is 13.1. The largest absolute Gasteiger partial charge is 0.280 e. The fourth-order valence-electron chi connectivity index (χ4n) is 2.87. The topological polar surface area (TPSA) is 76.9 Å². The van der Waals surface area contributed by atoms with Crippen LogP contribution in [0.1, 0.15) is 19.9 Å². The monoisotopic (exact) mass is 416 g/mol. The number of fused-ring (bicyclic) bond motifs is 1. The van der Waals surface area contributed by atoms with Crippen LogP contribution in [0.15, 0.2) is 58.9 Å². The molecule has 4 aromatic rings. The van der Waals surface area contributed by atoms with Gasteiger partial charge in [0.1, 0.15) is 10.7 Å². The van der Waals surface area contributed by atoms with Gasteiger partial charge in [0.15, 0.2) is 5.65 Å². The molecule has 0 saturated heterocycles. The average molecular weight is 417 g/mol. The molecule has 0 aliphatic carbocycles. The second-order valence-electron chi connectivity index (χ2n) is 6.52. The molecule has 0 aliphatic rings. The zero-order valence-electron chi connectivity index (χ0n) is 15.1.